The van der Waals surface area contributed by atoms with Gasteiger partial charge in [0.1, 0.15) is 0 Å². The first kappa shape index (κ1) is 14.3. The van der Waals surface area contributed by atoms with Crippen molar-refractivity contribution in [2.24, 2.45) is 0 Å². The summed E-state index contributed by atoms with van der Waals surface area (Å²) >= 11 is -0.333. The number of hydrogen-bond acceptors (Lipinski definition) is 0. The van der Waals surface area contributed by atoms with Gasteiger partial charge >= 0.3 is 31.6 Å². The second-order valence-electron chi connectivity index (χ2n) is 4.75. The van der Waals surface area contributed by atoms with Gasteiger partial charge in [-0.15, -0.1) is 0 Å². The van der Waals surface area contributed by atoms with Gasteiger partial charge < -0.3 is 0 Å². The molecule has 0 rings (SSSR count). The molecule has 0 aliphatic carbocycles. The van der Waals surface area contributed by atoms with Gasteiger partial charge in [0.15, 0.2) is 0 Å². The second-order valence-corrected chi connectivity index (χ2v) is 14.5. The van der Waals surface area contributed by atoms with Crippen molar-refractivity contribution in [1.82, 2.24) is 0 Å². The van der Waals surface area contributed by atoms with E-state index < -0.39 is 0 Å². The van der Waals surface area contributed by atoms with Crippen LogP contribution in [0.2, 0.25) is 35.4 Å². The Morgan fingerprint density at radius 1 is 0.909 bits per heavy atom. The maximum absolute atomic E-state index is 2.35. The zero-order chi connectivity index (χ0) is 9.65. The molecule has 0 saturated carbocycles. The molecular formula is C9H24GeSi. The number of hydrogen-bond donors (Lipinski definition) is 0. The van der Waals surface area contributed by atoms with Crippen molar-refractivity contribution in [3.63, 3.8) is 0 Å². The van der Waals surface area contributed by atoms with Crippen molar-refractivity contribution < 1.29 is 0 Å². The van der Waals surface area contributed by atoms with Crippen LogP contribution in [-0.2, 0) is 0 Å². The van der Waals surface area contributed by atoms with Crippen LogP contribution in [0.4, 0.5) is 0 Å². The van der Waals surface area contributed by atoms with Crippen molar-refractivity contribution in [3.05, 3.63) is 0 Å². The normalized spacial score (nSPS) is 11.5. The zero-order valence-corrected chi connectivity index (χ0v) is 12.6. The van der Waals surface area contributed by atoms with Crippen LogP contribution in [-0.4, -0.2) is 23.1 Å². The van der Waals surface area contributed by atoms with Gasteiger partial charge in [-0.05, 0) is 5.04 Å². The van der Waals surface area contributed by atoms with Crippen LogP contribution in [0.25, 0.3) is 0 Å². The summed E-state index contributed by atoms with van der Waals surface area (Å²) in [7, 11) is -0.0502. The fourth-order valence-electron chi connectivity index (χ4n) is 0. The van der Waals surface area contributed by atoms with Gasteiger partial charge in [-0.2, -0.15) is 0 Å². The SMILES string of the molecule is C[Si](C)C(C)(C)C.[CH3][Ge]([CH3])[CH3]. The zero-order valence-electron chi connectivity index (χ0n) is 9.50. The first-order valence-electron chi connectivity index (χ1n) is 4.25. The van der Waals surface area contributed by atoms with Gasteiger partial charge in [0.25, 0.3) is 0 Å². The van der Waals surface area contributed by atoms with Gasteiger partial charge in [-0.1, -0.05) is 33.9 Å². The van der Waals surface area contributed by atoms with Gasteiger partial charge in [0.05, 0.1) is 0 Å². The van der Waals surface area contributed by atoms with E-state index in [0.29, 0.717) is 5.04 Å². The third-order valence-electron chi connectivity index (χ3n) is 1.50. The molecule has 0 N–H and O–H groups in total. The summed E-state index contributed by atoms with van der Waals surface area (Å²) in [5, 5.41) is 0.602. The van der Waals surface area contributed by atoms with Crippen LogP contribution in [0, 0.1) is 0 Å². The standard InChI is InChI=1S/C6H15Si.C3H9Ge/c1-6(2,3)7(4)5;1-4(2)3/h1-5H3;1-3H3. The van der Waals surface area contributed by atoms with E-state index >= 15 is 0 Å². The van der Waals surface area contributed by atoms with E-state index in [1.54, 1.807) is 0 Å². The summed E-state index contributed by atoms with van der Waals surface area (Å²) in [6.07, 6.45) is 0. The molecule has 0 bridgehead atoms. The van der Waals surface area contributed by atoms with E-state index in [4.69, 9.17) is 0 Å². The molecule has 0 saturated heterocycles. The van der Waals surface area contributed by atoms with Gasteiger partial charge in [0, 0.05) is 8.80 Å². The van der Waals surface area contributed by atoms with Crippen LogP contribution in [0.1, 0.15) is 20.8 Å². The van der Waals surface area contributed by atoms with Gasteiger partial charge in [-0.25, -0.2) is 0 Å². The first-order valence-corrected chi connectivity index (χ1v) is 13.0. The number of rotatable bonds is 0. The Morgan fingerprint density at radius 2 is 1.00 bits per heavy atom. The first-order chi connectivity index (χ1) is 4.68. The average molecular weight is 233 g/mol. The van der Waals surface area contributed by atoms with E-state index in [2.05, 4.69) is 51.1 Å². The van der Waals surface area contributed by atoms with E-state index in [-0.39, 0.29) is 23.1 Å². The molecule has 0 unspecified atom stereocenters. The van der Waals surface area contributed by atoms with Crippen LogP contribution >= 0.6 is 0 Å². The molecule has 0 aliphatic heterocycles. The molecule has 0 fully saturated rings. The minimum atomic E-state index is -0.333. The van der Waals surface area contributed by atoms with Crippen LogP contribution in [0.15, 0.2) is 0 Å². The molecule has 0 aromatic heterocycles. The average Bonchev–Trinajstić information content (AvgIpc) is 1.59. The Hall–Kier alpha value is 0.760. The Balaban J connectivity index is 0. The van der Waals surface area contributed by atoms with Crippen molar-refractivity contribution in [2.45, 2.75) is 56.2 Å². The quantitative estimate of drug-likeness (QED) is 0.556. The van der Waals surface area contributed by atoms with E-state index in [9.17, 15) is 0 Å². The molecule has 0 atom stereocenters. The molecule has 0 aliphatic rings. The monoisotopic (exact) mass is 234 g/mol. The van der Waals surface area contributed by atoms with E-state index in [0.717, 1.165) is 0 Å². The fraction of sp³-hybridized carbons (Fsp3) is 1.00. The second kappa shape index (κ2) is 6.29. The Kier molecular flexibility index (Phi) is 8.18. The predicted octanol–water partition coefficient (Wildman–Crippen LogP) is 3.91. The van der Waals surface area contributed by atoms with Crippen LogP contribution in [0.3, 0.4) is 0 Å². The van der Waals surface area contributed by atoms with Crippen molar-refractivity contribution >= 4 is 23.1 Å². The molecule has 2 heteroatoms. The summed E-state index contributed by atoms with van der Waals surface area (Å²) in [5.41, 5.74) is 0. The minimum absolute atomic E-state index is 0.0502. The molecule has 0 aromatic carbocycles. The fourth-order valence-corrected chi connectivity index (χ4v) is 0. The molecule has 68 valence electrons. The molecule has 0 amide bonds. The Morgan fingerprint density at radius 3 is 1.00 bits per heavy atom. The molecule has 0 spiro atoms. The van der Waals surface area contributed by atoms with E-state index in [1.807, 2.05) is 0 Å². The molecule has 2 radical (unpaired) electrons. The summed E-state index contributed by atoms with van der Waals surface area (Å²) in [5.74, 6) is 7.00. The molecular weight excluding hydrogens is 209 g/mol. The van der Waals surface area contributed by atoms with Crippen molar-refractivity contribution in [2.75, 3.05) is 0 Å². The summed E-state index contributed by atoms with van der Waals surface area (Å²) in [6.45, 7) is 11.6. The topological polar surface area (TPSA) is 0 Å². The third kappa shape index (κ3) is 18.1. The maximum atomic E-state index is 2.35. The van der Waals surface area contributed by atoms with Crippen LogP contribution in [0.5, 0.6) is 0 Å². The Labute approximate surface area is 79.5 Å². The molecule has 0 aromatic rings. The molecule has 0 nitrogen and oxygen atoms in total. The van der Waals surface area contributed by atoms with Crippen molar-refractivity contribution in [1.29, 1.82) is 0 Å². The summed E-state index contributed by atoms with van der Waals surface area (Å²) in [6, 6.07) is 0. The third-order valence-corrected chi connectivity index (χ3v) is 4.50. The summed E-state index contributed by atoms with van der Waals surface area (Å²) in [4.78, 5) is 0. The van der Waals surface area contributed by atoms with Gasteiger partial charge in [-0.3, -0.25) is 0 Å². The predicted molar refractivity (Wildman–Crippen MR) is 60.5 cm³/mol. The molecule has 0 heterocycles. The molecule has 11 heavy (non-hydrogen) atoms. The van der Waals surface area contributed by atoms with Crippen LogP contribution < -0.4 is 0 Å². The van der Waals surface area contributed by atoms with Gasteiger partial charge in [0.2, 0.25) is 0 Å². The van der Waals surface area contributed by atoms with Crippen molar-refractivity contribution in [3.8, 4) is 0 Å². The Bertz CT molecular complexity index is 79.3. The van der Waals surface area contributed by atoms with E-state index in [1.165, 1.54) is 0 Å². The summed E-state index contributed by atoms with van der Waals surface area (Å²) < 4.78 is 0.